The number of rotatable bonds is 6. The van der Waals surface area contributed by atoms with Crippen molar-refractivity contribution in [2.24, 2.45) is 0 Å². The summed E-state index contributed by atoms with van der Waals surface area (Å²) < 4.78 is 34.4. The van der Waals surface area contributed by atoms with Crippen LogP contribution >= 0.6 is 79.4 Å². The van der Waals surface area contributed by atoms with E-state index in [9.17, 15) is 18.0 Å². The molecule has 1 aliphatic rings. The van der Waals surface area contributed by atoms with Gasteiger partial charge in [-0.3, -0.25) is 4.79 Å². The third-order valence-electron chi connectivity index (χ3n) is 4.91. The van der Waals surface area contributed by atoms with Crippen molar-refractivity contribution in [1.82, 2.24) is 4.31 Å². The van der Waals surface area contributed by atoms with Crippen LogP contribution in [0.15, 0.2) is 29.2 Å². The molecule has 0 radical (unpaired) electrons. The molecule has 1 saturated heterocycles. The van der Waals surface area contributed by atoms with Gasteiger partial charge in [0.05, 0.1) is 30.4 Å². The summed E-state index contributed by atoms with van der Waals surface area (Å²) in [6.07, 6.45) is 2.62. The highest BCUT2D eigenvalue weighted by atomic mass is 127. The van der Waals surface area contributed by atoms with Gasteiger partial charge in [0.1, 0.15) is 0 Å². The zero-order valence-corrected chi connectivity index (χ0v) is 25.1. The lowest BCUT2D eigenvalue weighted by molar-refractivity contribution is -0.119. The number of sulfonamides is 1. The number of halogens is 4. The summed E-state index contributed by atoms with van der Waals surface area (Å²) in [5.41, 5.74) is 6.87. The van der Waals surface area contributed by atoms with Crippen molar-refractivity contribution in [2.75, 3.05) is 30.7 Å². The van der Waals surface area contributed by atoms with Crippen LogP contribution in [-0.4, -0.2) is 44.3 Å². The molecule has 33 heavy (non-hydrogen) atoms. The number of ether oxygens (including phenoxy) is 1. The number of esters is 1. The van der Waals surface area contributed by atoms with Gasteiger partial charge in [0.2, 0.25) is 10.0 Å². The number of anilines is 2. The molecule has 1 fully saturated rings. The van der Waals surface area contributed by atoms with Crippen LogP contribution in [0.5, 0.6) is 0 Å². The number of nitrogens with two attached hydrogens (primary N) is 1. The number of carbonyl (C=O) groups excluding carboxylic acids is 2. The summed E-state index contributed by atoms with van der Waals surface area (Å²) in [6.45, 7) is 0.350. The smallest absolute Gasteiger partial charge is 0.340 e. The summed E-state index contributed by atoms with van der Waals surface area (Å²) in [6, 6.07) is 5.90. The van der Waals surface area contributed by atoms with E-state index in [2.05, 4.69) is 27.9 Å². The Hall–Kier alpha value is -0.430. The van der Waals surface area contributed by atoms with E-state index < -0.39 is 28.5 Å². The minimum Gasteiger partial charge on any atom is -0.452 e. The Labute approximate surface area is 237 Å². The molecule has 0 spiro atoms. The van der Waals surface area contributed by atoms with Crippen molar-refractivity contribution < 1.29 is 22.7 Å². The molecule has 13 heteroatoms. The molecule has 2 aromatic carbocycles. The van der Waals surface area contributed by atoms with Gasteiger partial charge >= 0.3 is 5.97 Å². The highest BCUT2D eigenvalue weighted by molar-refractivity contribution is 14.1. The van der Waals surface area contributed by atoms with Crippen LogP contribution in [0.1, 0.15) is 29.6 Å². The fraction of sp³-hybridized carbons (Fsp3) is 0.300. The Morgan fingerprint density at radius 1 is 1.09 bits per heavy atom. The van der Waals surface area contributed by atoms with Crippen molar-refractivity contribution >= 4 is 113 Å². The van der Waals surface area contributed by atoms with Gasteiger partial charge in [0.25, 0.3) is 5.91 Å². The van der Waals surface area contributed by atoms with E-state index in [1.54, 1.807) is 6.07 Å². The molecule has 2 aromatic rings. The number of benzene rings is 2. The predicted molar refractivity (Wildman–Crippen MR) is 152 cm³/mol. The predicted octanol–water partition coefficient (Wildman–Crippen LogP) is 4.71. The second-order valence-corrected chi connectivity index (χ2v) is 12.9. The average molecular weight is 830 g/mol. The standard InChI is InChI=1S/C20H19ClI3N3O5S/c21-12-5-4-11(33(30,31)27-6-2-1-3-7-27)8-15(12)26-16(28)10-32-20(29)17-13(22)9-14(23)19(25)18(17)24/h4-5,8-9H,1-3,6-7,10,25H2,(H,26,28). The third kappa shape index (κ3) is 6.42. The van der Waals surface area contributed by atoms with E-state index in [-0.39, 0.29) is 21.2 Å². The third-order valence-corrected chi connectivity index (χ3v) is 10.00. The van der Waals surface area contributed by atoms with Crippen LogP contribution in [0.25, 0.3) is 0 Å². The van der Waals surface area contributed by atoms with Gasteiger partial charge in [-0.05, 0) is 105 Å². The number of hydrogen-bond acceptors (Lipinski definition) is 6. The largest absolute Gasteiger partial charge is 0.452 e. The SMILES string of the molecule is Nc1c(I)cc(I)c(C(=O)OCC(=O)Nc2cc(S(=O)(=O)N3CCCCC3)ccc2Cl)c1I. The van der Waals surface area contributed by atoms with E-state index >= 15 is 0 Å². The Kier molecular flexibility index (Phi) is 9.50. The van der Waals surface area contributed by atoms with E-state index in [0.717, 1.165) is 22.8 Å². The molecule has 1 heterocycles. The van der Waals surface area contributed by atoms with Crippen molar-refractivity contribution in [3.8, 4) is 0 Å². The summed E-state index contributed by atoms with van der Waals surface area (Å²) in [5, 5.41) is 2.69. The van der Waals surface area contributed by atoms with Crippen LogP contribution in [0.4, 0.5) is 11.4 Å². The molecule has 178 valence electrons. The molecular formula is C20H19ClI3N3O5S. The van der Waals surface area contributed by atoms with Gasteiger partial charge < -0.3 is 15.8 Å². The summed E-state index contributed by atoms with van der Waals surface area (Å²) >= 11 is 12.2. The quantitative estimate of drug-likeness (QED) is 0.248. The fourth-order valence-electron chi connectivity index (χ4n) is 3.20. The minimum absolute atomic E-state index is 0.0413. The number of carbonyl (C=O) groups is 2. The van der Waals surface area contributed by atoms with Crippen molar-refractivity contribution in [2.45, 2.75) is 24.2 Å². The summed E-state index contributed by atoms with van der Waals surface area (Å²) in [7, 11) is -3.69. The molecular weight excluding hydrogens is 810 g/mol. The second kappa shape index (κ2) is 11.5. The first-order valence-corrected chi connectivity index (χ1v) is 14.8. The van der Waals surface area contributed by atoms with E-state index in [1.165, 1.54) is 22.5 Å². The number of hydrogen-bond donors (Lipinski definition) is 2. The average Bonchev–Trinajstić information content (AvgIpc) is 2.78. The summed E-state index contributed by atoms with van der Waals surface area (Å²) in [5.74, 6) is -1.34. The Morgan fingerprint density at radius 2 is 1.76 bits per heavy atom. The molecule has 0 aliphatic carbocycles. The minimum atomic E-state index is -3.69. The number of nitrogens with zero attached hydrogens (tertiary/aromatic N) is 1. The Balaban J connectivity index is 1.70. The molecule has 8 nitrogen and oxygen atoms in total. The molecule has 0 aromatic heterocycles. The van der Waals surface area contributed by atoms with Gasteiger partial charge in [-0.1, -0.05) is 18.0 Å². The van der Waals surface area contributed by atoms with Gasteiger partial charge in [-0.25, -0.2) is 13.2 Å². The lowest BCUT2D eigenvalue weighted by Gasteiger charge is -2.26. The van der Waals surface area contributed by atoms with Crippen LogP contribution in [0.3, 0.4) is 0 Å². The van der Waals surface area contributed by atoms with Crippen LogP contribution in [0, 0.1) is 10.7 Å². The highest BCUT2D eigenvalue weighted by Crippen LogP contribution is 2.30. The van der Waals surface area contributed by atoms with Crippen molar-refractivity contribution in [3.05, 3.63) is 45.6 Å². The molecule has 0 bridgehead atoms. The van der Waals surface area contributed by atoms with E-state index in [4.69, 9.17) is 22.1 Å². The maximum absolute atomic E-state index is 12.9. The maximum atomic E-state index is 12.9. The fourth-order valence-corrected chi connectivity index (χ4v) is 8.72. The van der Waals surface area contributed by atoms with Crippen LogP contribution in [-0.2, 0) is 19.6 Å². The van der Waals surface area contributed by atoms with E-state index in [1.807, 2.05) is 45.2 Å². The second-order valence-electron chi connectivity index (χ2n) is 7.17. The van der Waals surface area contributed by atoms with Crippen molar-refractivity contribution in [3.63, 3.8) is 0 Å². The number of nitrogen functional groups attached to an aromatic ring is 1. The van der Waals surface area contributed by atoms with Gasteiger partial charge in [-0.15, -0.1) is 0 Å². The van der Waals surface area contributed by atoms with Gasteiger partial charge in [0, 0.05) is 20.2 Å². The first-order valence-electron chi connectivity index (χ1n) is 9.72. The molecule has 3 N–H and O–H groups in total. The topological polar surface area (TPSA) is 119 Å². The number of piperidine rings is 1. The zero-order chi connectivity index (χ0) is 24.3. The van der Waals surface area contributed by atoms with Gasteiger partial charge in [0.15, 0.2) is 6.61 Å². The summed E-state index contributed by atoms with van der Waals surface area (Å²) in [4.78, 5) is 25.0. The molecule has 1 amide bonds. The molecule has 0 unspecified atom stereocenters. The molecule has 1 aliphatic heterocycles. The number of nitrogens with one attached hydrogen (secondary N) is 1. The maximum Gasteiger partial charge on any atom is 0.340 e. The zero-order valence-electron chi connectivity index (χ0n) is 17.0. The normalized spacial score (nSPS) is 14.7. The monoisotopic (exact) mass is 829 g/mol. The Morgan fingerprint density at radius 3 is 2.42 bits per heavy atom. The lowest BCUT2D eigenvalue weighted by atomic mass is 10.2. The molecule has 0 atom stereocenters. The Bertz CT molecular complexity index is 1200. The van der Waals surface area contributed by atoms with Crippen molar-refractivity contribution in [1.29, 1.82) is 0 Å². The molecule has 3 rings (SSSR count). The lowest BCUT2D eigenvalue weighted by Crippen LogP contribution is -2.35. The van der Waals surface area contributed by atoms with E-state index in [0.29, 0.717) is 25.9 Å². The number of amides is 1. The first-order chi connectivity index (χ1) is 15.5. The highest BCUT2D eigenvalue weighted by Gasteiger charge is 2.27. The molecule has 0 saturated carbocycles. The van der Waals surface area contributed by atoms with Crippen LogP contribution in [0.2, 0.25) is 5.02 Å². The van der Waals surface area contributed by atoms with Gasteiger partial charge in [-0.2, -0.15) is 4.31 Å². The van der Waals surface area contributed by atoms with Crippen LogP contribution < -0.4 is 11.1 Å². The first kappa shape index (κ1) is 27.2.